The number of urea groups is 1. The number of nitrogens with one attached hydrogen (secondary N) is 1. The van der Waals surface area contributed by atoms with Crippen LogP contribution < -0.4 is 11.1 Å². The minimum absolute atomic E-state index is 0.211. The van der Waals surface area contributed by atoms with E-state index >= 15 is 0 Å². The van der Waals surface area contributed by atoms with E-state index in [1.807, 2.05) is 73.0 Å². The Hall–Kier alpha value is -3.94. The number of nitrogens with two attached hydrogens (primary N) is 1. The smallest absolute Gasteiger partial charge is 0.323 e. The molecule has 1 aliphatic rings. The maximum Gasteiger partial charge on any atom is 0.323 e. The van der Waals surface area contributed by atoms with Crippen molar-refractivity contribution >= 4 is 46.3 Å². The van der Waals surface area contributed by atoms with Crippen LogP contribution in [0.15, 0.2) is 96.4 Å². The van der Waals surface area contributed by atoms with Gasteiger partial charge in [0, 0.05) is 27.1 Å². The molecule has 4 aromatic rings. The number of nitrogens with zero attached hydrogens (tertiary/aromatic N) is 1. The van der Waals surface area contributed by atoms with Crippen LogP contribution in [0.25, 0.3) is 0 Å². The number of ketones is 1. The first kappa shape index (κ1) is 25.7. The number of primary amides is 1. The molecule has 0 spiro atoms. The van der Waals surface area contributed by atoms with Crippen molar-refractivity contribution in [2.75, 3.05) is 5.32 Å². The molecule has 1 saturated heterocycles. The predicted molar refractivity (Wildman–Crippen MR) is 151 cm³/mol. The third-order valence-electron chi connectivity index (χ3n) is 6.89. The summed E-state index contributed by atoms with van der Waals surface area (Å²) in [5, 5.41) is 5.25. The molecule has 4 atom stereocenters. The molecule has 1 aliphatic heterocycles. The van der Waals surface area contributed by atoms with Crippen LogP contribution in [0.5, 0.6) is 0 Å². The number of hydrogen-bond acceptors (Lipinski definition) is 4. The molecule has 5 rings (SSSR count). The molecule has 3 amide bonds. The first-order valence-corrected chi connectivity index (χ1v) is 13.4. The predicted octanol–water partition coefficient (Wildman–Crippen LogP) is 6.44. The van der Waals surface area contributed by atoms with Crippen molar-refractivity contribution in [1.29, 1.82) is 0 Å². The van der Waals surface area contributed by atoms with Gasteiger partial charge in [-0.25, -0.2) is 4.79 Å². The molecular weight excluding hydrogens is 518 g/mol. The first-order chi connectivity index (χ1) is 18.3. The zero-order chi connectivity index (χ0) is 26.8. The summed E-state index contributed by atoms with van der Waals surface area (Å²) in [6.07, 6.45) is 0. The van der Waals surface area contributed by atoms with Crippen molar-refractivity contribution in [3.8, 4) is 0 Å². The average Bonchev–Trinajstić information content (AvgIpc) is 3.55. The molecule has 1 fully saturated rings. The standard InChI is InChI=1S/C30H26ClN3O3S/c1-18-8-5-13-22(16-18)33-30(37)34-26(19-9-3-2-4-10-19)25(28(35)20-11-6-12-21(31)17-20)24(27(34)29(32)36)23-14-7-15-38-23/h2-17,24-27H,1H3,(H2,32,36)(H,33,37). The van der Waals surface area contributed by atoms with Crippen LogP contribution in [-0.4, -0.2) is 28.7 Å². The Kier molecular flexibility index (Phi) is 7.31. The number of Topliss-reactive ketones (excluding diaryl/α,β-unsaturated/α-hetero) is 1. The number of carbonyl (C=O) groups excluding carboxylic acids is 3. The molecule has 1 aromatic heterocycles. The summed E-state index contributed by atoms with van der Waals surface area (Å²) in [5.41, 5.74) is 8.72. The zero-order valence-corrected chi connectivity index (χ0v) is 22.2. The molecule has 0 saturated carbocycles. The van der Waals surface area contributed by atoms with Gasteiger partial charge in [-0.1, -0.05) is 72.3 Å². The highest BCUT2D eigenvalue weighted by Crippen LogP contribution is 2.52. The van der Waals surface area contributed by atoms with Crippen LogP contribution in [0.4, 0.5) is 10.5 Å². The van der Waals surface area contributed by atoms with Gasteiger partial charge < -0.3 is 16.0 Å². The maximum atomic E-state index is 14.3. The molecule has 0 radical (unpaired) electrons. The van der Waals surface area contributed by atoms with E-state index in [0.29, 0.717) is 16.3 Å². The van der Waals surface area contributed by atoms with Gasteiger partial charge in [-0.2, -0.15) is 0 Å². The lowest BCUT2D eigenvalue weighted by molar-refractivity contribution is -0.122. The van der Waals surface area contributed by atoms with Crippen molar-refractivity contribution in [3.05, 3.63) is 123 Å². The van der Waals surface area contributed by atoms with E-state index in [2.05, 4.69) is 5.32 Å². The van der Waals surface area contributed by atoms with E-state index in [0.717, 1.165) is 16.0 Å². The number of carbonyl (C=O) groups is 3. The van der Waals surface area contributed by atoms with E-state index in [1.165, 1.54) is 16.2 Å². The Morgan fingerprint density at radius 2 is 1.68 bits per heavy atom. The summed E-state index contributed by atoms with van der Waals surface area (Å²) in [6.45, 7) is 1.93. The molecule has 6 nitrogen and oxygen atoms in total. The number of thiophene rings is 1. The average molecular weight is 544 g/mol. The number of halogens is 1. The van der Waals surface area contributed by atoms with Crippen LogP contribution in [0.1, 0.15) is 38.3 Å². The molecule has 4 unspecified atom stereocenters. The van der Waals surface area contributed by atoms with Crippen molar-refractivity contribution in [1.82, 2.24) is 4.90 Å². The van der Waals surface area contributed by atoms with E-state index in [-0.39, 0.29) is 5.78 Å². The summed E-state index contributed by atoms with van der Waals surface area (Å²) < 4.78 is 0. The summed E-state index contributed by atoms with van der Waals surface area (Å²) in [7, 11) is 0. The fourth-order valence-electron chi connectivity index (χ4n) is 5.36. The SMILES string of the molecule is Cc1cccc(NC(=O)N2C(C(N)=O)C(c3cccs3)C(C(=O)c3cccc(Cl)c3)C2c2ccccc2)c1. The highest BCUT2D eigenvalue weighted by atomic mass is 35.5. The summed E-state index contributed by atoms with van der Waals surface area (Å²) in [4.78, 5) is 43.6. The van der Waals surface area contributed by atoms with Gasteiger partial charge in [0.15, 0.2) is 5.78 Å². The van der Waals surface area contributed by atoms with Gasteiger partial charge in [0.2, 0.25) is 5.91 Å². The molecule has 8 heteroatoms. The lowest BCUT2D eigenvalue weighted by Gasteiger charge is -2.31. The van der Waals surface area contributed by atoms with Gasteiger partial charge in [-0.05, 0) is 53.8 Å². The molecule has 0 aliphatic carbocycles. The van der Waals surface area contributed by atoms with Gasteiger partial charge in [0.1, 0.15) is 6.04 Å². The van der Waals surface area contributed by atoms with Crippen molar-refractivity contribution in [2.45, 2.75) is 24.9 Å². The van der Waals surface area contributed by atoms with Crippen LogP contribution in [-0.2, 0) is 4.79 Å². The number of likely N-dealkylation sites (tertiary alicyclic amines) is 1. The second kappa shape index (κ2) is 10.8. The van der Waals surface area contributed by atoms with Gasteiger partial charge in [0.25, 0.3) is 0 Å². The van der Waals surface area contributed by atoms with E-state index in [1.54, 1.807) is 30.3 Å². The zero-order valence-electron chi connectivity index (χ0n) is 20.6. The number of benzene rings is 3. The summed E-state index contributed by atoms with van der Waals surface area (Å²) in [5.74, 6) is -2.32. The minimum Gasteiger partial charge on any atom is -0.368 e. The second-order valence-corrected chi connectivity index (χ2v) is 10.8. The van der Waals surface area contributed by atoms with E-state index in [9.17, 15) is 14.4 Å². The van der Waals surface area contributed by atoms with Gasteiger partial charge >= 0.3 is 6.03 Å². The summed E-state index contributed by atoms with van der Waals surface area (Å²) >= 11 is 7.68. The van der Waals surface area contributed by atoms with Gasteiger partial charge in [0.05, 0.1) is 12.0 Å². The molecule has 3 aromatic carbocycles. The van der Waals surface area contributed by atoms with Gasteiger partial charge in [-0.15, -0.1) is 11.3 Å². The molecule has 38 heavy (non-hydrogen) atoms. The molecule has 0 bridgehead atoms. The van der Waals surface area contributed by atoms with Gasteiger partial charge in [-0.3, -0.25) is 9.59 Å². The summed E-state index contributed by atoms with van der Waals surface area (Å²) in [6, 6.07) is 24.9. The number of hydrogen-bond donors (Lipinski definition) is 2. The molecule has 192 valence electrons. The normalized spacial score (nSPS) is 20.7. The fraction of sp³-hybridized carbons (Fsp3) is 0.167. The lowest BCUT2D eigenvalue weighted by Crippen LogP contribution is -2.48. The Bertz CT molecular complexity index is 1480. The van der Waals surface area contributed by atoms with Crippen LogP contribution in [0.2, 0.25) is 5.02 Å². The third-order valence-corrected chi connectivity index (χ3v) is 8.10. The highest BCUT2D eigenvalue weighted by Gasteiger charge is 2.57. The number of anilines is 1. The maximum absolute atomic E-state index is 14.3. The number of aryl methyl sites for hydroxylation is 1. The first-order valence-electron chi connectivity index (χ1n) is 12.2. The number of rotatable bonds is 6. The Morgan fingerprint density at radius 1 is 0.921 bits per heavy atom. The van der Waals surface area contributed by atoms with Crippen molar-refractivity contribution < 1.29 is 14.4 Å². The highest BCUT2D eigenvalue weighted by molar-refractivity contribution is 7.10. The topological polar surface area (TPSA) is 92.5 Å². The van der Waals surface area contributed by atoms with E-state index in [4.69, 9.17) is 17.3 Å². The Labute approximate surface area is 230 Å². The molecule has 3 N–H and O–H groups in total. The molecule has 2 heterocycles. The molecular formula is C30H26ClN3O3S. The lowest BCUT2D eigenvalue weighted by atomic mass is 9.78. The van der Waals surface area contributed by atoms with Crippen LogP contribution >= 0.6 is 22.9 Å². The Balaban J connectivity index is 1.69. The van der Waals surface area contributed by atoms with Crippen LogP contribution in [0, 0.1) is 12.8 Å². The largest absolute Gasteiger partial charge is 0.368 e. The monoisotopic (exact) mass is 543 g/mol. The Morgan fingerprint density at radius 3 is 2.34 bits per heavy atom. The van der Waals surface area contributed by atoms with E-state index < -0.39 is 35.9 Å². The minimum atomic E-state index is -1.06. The quantitative estimate of drug-likeness (QED) is 0.274. The third kappa shape index (κ3) is 4.95. The van der Waals surface area contributed by atoms with Crippen molar-refractivity contribution in [2.24, 2.45) is 11.7 Å². The van der Waals surface area contributed by atoms with Crippen molar-refractivity contribution in [3.63, 3.8) is 0 Å². The van der Waals surface area contributed by atoms with Crippen LogP contribution in [0.3, 0.4) is 0 Å². The fourth-order valence-corrected chi connectivity index (χ4v) is 6.46. The second-order valence-electron chi connectivity index (χ2n) is 9.35. The number of amides is 3.